The van der Waals surface area contributed by atoms with E-state index in [1.165, 1.54) is 12.0 Å². The van der Waals surface area contributed by atoms with Gasteiger partial charge in [0.25, 0.3) is 0 Å². The molecule has 2 amide bonds. The van der Waals surface area contributed by atoms with Crippen molar-refractivity contribution in [1.82, 2.24) is 15.2 Å². The van der Waals surface area contributed by atoms with E-state index >= 15 is 0 Å². The molecule has 3 heterocycles. The standard InChI is InChI=1S/C26H40N4O4/c1-17-5-3-6-18(2)30(17)26(33)29-23(25(31)32)12-14-34-22-15-19(16-22)8-10-21-11-9-20-7-4-13-27-24(20)28-21/h9,11,17-19,22-23H,3-8,10,12-16H2,1-2H3,(H,27,28)(H,29,33)(H,31,32)/t17-,18+,19-,22+,23-/m0/s1. The van der Waals surface area contributed by atoms with Gasteiger partial charge in [0, 0.05) is 37.4 Å². The van der Waals surface area contributed by atoms with Crippen molar-refractivity contribution in [3.8, 4) is 0 Å². The lowest BCUT2D eigenvalue weighted by molar-refractivity contribution is -0.140. The number of aryl methyl sites for hydroxylation is 2. The van der Waals surface area contributed by atoms with Crippen molar-refractivity contribution in [2.45, 2.75) is 102 Å². The molecule has 0 radical (unpaired) electrons. The SMILES string of the molecule is C[C@@H]1CCC[C@H](C)N1C(=O)N[C@@H](CCO[C@H]1C[C@@H](CCc2ccc3c(n2)NCCC3)C1)C(=O)O. The van der Waals surface area contributed by atoms with Crippen LogP contribution in [0.25, 0.3) is 0 Å². The quantitative estimate of drug-likeness (QED) is 0.502. The predicted molar refractivity (Wildman–Crippen MR) is 131 cm³/mol. The molecule has 188 valence electrons. The molecule has 0 unspecified atom stereocenters. The smallest absolute Gasteiger partial charge is 0.326 e. The number of carbonyl (C=O) groups excluding carboxylic acids is 1. The van der Waals surface area contributed by atoms with E-state index < -0.39 is 12.0 Å². The highest BCUT2D eigenvalue weighted by atomic mass is 16.5. The number of piperidine rings is 1. The number of aliphatic carboxylic acids is 1. The molecule has 1 aromatic heterocycles. The normalized spacial score (nSPS) is 27.2. The molecule has 3 N–H and O–H groups in total. The highest BCUT2D eigenvalue weighted by molar-refractivity contribution is 5.83. The monoisotopic (exact) mass is 472 g/mol. The summed E-state index contributed by atoms with van der Waals surface area (Å²) in [7, 11) is 0. The molecule has 3 aliphatic rings. The third-order valence-corrected chi connectivity index (χ3v) is 7.74. The minimum atomic E-state index is -1.01. The zero-order valence-electron chi connectivity index (χ0n) is 20.6. The van der Waals surface area contributed by atoms with E-state index in [0.717, 1.165) is 69.4 Å². The van der Waals surface area contributed by atoms with Crippen LogP contribution >= 0.6 is 0 Å². The van der Waals surface area contributed by atoms with E-state index in [4.69, 9.17) is 9.72 Å². The van der Waals surface area contributed by atoms with E-state index in [1.807, 2.05) is 13.8 Å². The maximum Gasteiger partial charge on any atom is 0.326 e. The van der Waals surface area contributed by atoms with Crippen molar-refractivity contribution in [3.63, 3.8) is 0 Å². The molecule has 34 heavy (non-hydrogen) atoms. The van der Waals surface area contributed by atoms with E-state index in [0.29, 0.717) is 12.5 Å². The number of rotatable bonds is 9. The van der Waals surface area contributed by atoms with Gasteiger partial charge in [0.15, 0.2) is 0 Å². The summed E-state index contributed by atoms with van der Waals surface area (Å²) < 4.78 is 5.93. The number of ether oxygens (including phenoxy) is 1. The summed E-state index contributed by atoms with van der Waals surface area (Å²) in [6, 6.07) is 3.43. The highest BCUT2D eigenvalue weighted by Crippen LogP contribution is 2.34. The average molecular weight is 473 g/mol. The van der Waals surface area contributed by atoms with Gasteiger partial charge >= 0.3 is 12.0 Å². The van der Waals surface area contributed by atoms with Crippen molar-refractivity contribution in [3.05, 3.63) is 23.4 Å². The lowest BCUT2D eigenvalue weighted by Crippen LogP contribution is -2.55. The summed E-state index contributed by atoms with van der Waals surface area (Å²) >= 11 is 0. The Balaban J connectivity index is 1.14. The van der Waals surface area contributed by atoms with Gasteiger partial charge in [-0.05, 0) is 89.2 Å². The minimum absolute atomic E-state index is 0.133. The summed E-state index contributed by atoms with van der Waals surface area (Å²) in [5, 5.41) is 15.7. The summed E-state index contributed by atoms with van der Waals surface area (Å²) in [4.78, 5) is 31.0. The number of hydrogen-bond donors (Lipinski definition) is 3. The number of nitrogens with one attached hydrogen (secondary N) is 2. The van der Waals surface area contributed by atoms with Gasteiger partial charge in [-0.3, -0.25) is 0 Å². The van der Waals surface area contributed by atoms with Crippen LogP contribution in [-0.2, 0) is 22.4 Å². The van der Waals surface area contributed by atoms with Crippen LogP contribution in [0.2, 0.25) is 0 Å². The van der Waals surface area contributed by atoms with Crippen LogP contribution in [0.1, 0.15) is 76.5 Å². The number of fused-ring (bicyclic) bond motifs is 1. The molecule has 0 bridgehead atoms. The fourth-order valence-corrected chi connectivity index (χ4v) is 5.56. The molecule has 2 aliphatic heterocycles. The van der Waals surface area contributed by atoms with Crippen LogP contribution in [0, 0.1) is 5.92 Å². The number of urea groups is 1. The number of carbonyl (C=O) groups is 2. The Hall–Kier alpha value is -2.35. The molecule has 1 saturated carbocycles. The topological polar surface area (TPSA) is 104 Å². The molecule has 0 aromatic carbocycles. The molecule has 2 fully saturated rings. The van der Waals surface area contributed by atoms with Crippen LogP contribution in [0.3, 0.4) is 0 Å². The number of nitrogens with zero attached hydrogens (tertiary/aromatic N) is 2. The van der Waals surface area contributed by atoms with E-state index in [2.05, 4.69) is 22.8 Å². The van der Waals surface area contributed by atoms with Crippen molar-refractivity contribution in [2.24, 2.45) is 5.92 Å². The number of likely N-dealkylation sites (tertiary alicyclic amines) is 1. The number of amides is 2. The Labute approximate surface area is 202 Å². The van der Waals surface area contributed by atoms with Gasteiger partial charge in [-0.15, -0.1) is 0 Å². The second-order valence-corrected chi connectivity index (χ2v) is 10.4. The van der Waals surface area contributed by atoms with Crippen molar-refractivity contribution in [2.75, 3.05) is 18.5 Å². The fourth-order valence-electron chi connectivity index (χ4n) is 5.56. The van der Waals surface area contributed by atoms with Crippen molar-refractivity contribution < 1.29 is 19.4 Å². The van der Waals surface area contributed by atoms with Crippen LogP contribution in [0.4, 0.5) is 10.6 Å². The first-order valence-corrected chi connectivity index (χ1v) is 13.1. The molecule has 8 nitrogen and oxygen atoms in total. The Morgan fingerprint density at radius 2 is 2.00 bits per heavy atom. The molecule has 1 aliphatic carbocycles. The number of carboxylic acids is 1. The maximum atomic E-state index is 12.7. The fraction of sp³-hybridized carbons (Fsp3) is 0.731. The zero-order valence-corrected chi connectivity index (χ0v) is 20.6. The molecule has 8 heteroatoms. The Kier molecular flexibility index (Phi) is 8.29. The molecule has 3 atom stereocenters. The van der Waals surface area contributed by atoms with Gasteiger partial charge in [0.2, 0.25) is 0 Å². The van der Waals surface area contributed by atoms with Crippen molar-refractivity contribution in [1.29, 1.82) is 0 Å². The van der Waals surface area contributed by atoms with Crippen LogP contribution in [0.15, 0.2) is 12.1 Å². The lowest BCUT2D eigenvalue weighted by Gasteiger charge is -2.39. The Morgan fingerprint density at radius 3 is 2.74 bits per heavy atom. The van der Waals surface area contributed by atoms with Crippen molar-refractivity contribution >= 4 is 17.8 Å². The van der Waals surface area contributed by atoms with Crippen LogP contribution in [0.5, 0.6) is 0 Å². The van der Waals surface area contributed by atoms with Gasteiger partial charge in [-0.25, -0.2) is 14.6 Å². The second-order valence-electron chi connectivity index (χ2n) is 10.4. The number of pyridine rings is 1. The third kappa shape index (κ3) is 6.20. The molecule has 4 rings (SSSR count). The lowest BCUT2D eigenvalue weighted by atomic mass is 9.79. The first kappa shape index (κ1) is 24.8. The van der Waals surface area contributed by atoms with E-state index in [1.54, 1.807) is 4.90 Å². The number of carboxylic acid groups (broad SMARTS) is 1. The van der Waals surface area contributed by atoms with E-state index in [9.17, 15) is 14.7 Å². The first-order chi connectivity index (χ1) is 16.4. The average Bonchev–Trinajstić information content (AvgIpc) is 2.78. The van der Waals surface area contributed by atoms with E-state index in [-0.39, 0.29) is 30.6 Å². The van der Waals surface area contributed by atoms with Crippen LogP contribution < -0.4 is 10.6 Å². The number of hydrogen-bond acceptors (Lipinski definition) is 5. The van der Waals surface area contributed by atoms with Gasteiger partial charge in [-0.2, -0.15) is 0 Å². The molecular weight excluding hydrogens is 432 g/mol. The largest absolute Gasteiger partial charge is 0.480 e. The third-order valence-electron chi connectivity index (χ3n) is 7.74. The minimum Gasteiger partial charge on any atom is -0.480 e. The Morgan fingerprint density at radius 1 is 1.24 bits per heavy atom. The summed E-state index contributed by atoms with van der Waals surface area (Å²) in [6.45, 7) is 5.41. The van der Waals surface area contributed by atoms with Gasteiger partial charge in [0.1, 0.15) is 11.9 Å². The molecular formula is C26H40N4O4. The van der Waals surface area contributed by atoms with Crippen LogP contribution in [-0.4, -0.2) is 64.4 Å². The molecule has 1 saturated heterocycles. The Bertz CT molecular complexity index is 847. The summed E-state index contributed by atoms with van der Waals surface area (Å²) in [6.07, 6.45) is 9.88. The summed E-state index contributed by atoms with van der Waals surface area (Å²) in [5.41, 5.74) is 2.47. The second kappa shape index (κ2) is 11.4. The first-order valence-electron chi connectivity index (χ1n) is 13.1. The zero-order chi connectivity index (χ0) is 24.1. The molecule has 1 aromatic rings. The number of anilines is 1. The van der Waals surface area contributed by atoms with Gasteiger partial charge in [0.05, 0.1) is 6.10 Å². The molecule has 0 spiro atoms. The summed E-state index contributed by atoms with van der Waals surface area (Å²) in [5.74, 6) is 0.684. The number of aromatic nitrogens is 1. The maximum absolute atomic E-state index is 12.7. The van der Waals surface area contributed by atoms with Gasteiger partial charge in [-0.1, -0.05) is 6.07 Å². The van der Waals surface area contributed by atoms with Gasteiger partial charge < -0.3 is 25.4 Å². The highest BCUT2D eigenvalue weighted by Gasteiger charge is 2.33. The predicted octanol–water partition coefficient (Wildman–Crippen LogP) is 3.98.